The molecule has 2 aromatic heterocycles. The summed E-state index contributed by atoms with van der Waals surface area (Å²) in [6.07, 6.45) is 0. The first-order valence-electron chi connectivity index (χ1n) is 4.57. The van der Waals surface area contributed by atoms with Crippen LogP contribution in [0.4, 0.5) is 11.8 Å². The Balaban J connectivity index is 2.48. The minimum absolute atomic E-state index is 0.294. The van der Waals surface area contributed by atoms with E-state index in [1.165, 1.54) is 5.56 Å². The fraction of sp³-hybridized carbons (Fsp3) is 0.200. The van der Waals surface area contributed by atoms with Gasteiger partial charge >= 0.3 is 0 Å². The van der Waals surface area contributed by atoms with Crippen LogP contribution in [-0.4, -0.2) is 17.0 Å². The second-order valence-corrected chi connectivity index (χ2v) is 4.15. The molecule has 0 aromatic carbocycles. The van der Waals surface area contributed by atoms with Gasteiger partial charge in [-0.05, 0) is 23.9 Å². The molecular weight excluding hydrogens is 208 g/mol. The van der Waals surface area contributed by atoms with Crippen LogP contribution < -0.4 is 11.1 Å². The smallest absolute Gasteiger partial charge is 0.222 e. The quantitative estimate of drug-likeness (QED) is 0.813. The summed E-state index contributed by atoms with van der Waals surface area (Å²) in [4.78, 5) is 9.36. The molecule has 3 N–H and O–H groups in total. The van der Waals surface area contributed by atoms with Gasteiger partial charge in [-0.1, -0.05) is 0 Å². The molecule has 0 aliphatic heterocycles. The van der Waals surface area contributed by atoms with Crippen molar-refractivity contribution in [2.75, 3.05) is 18.1 Å². The number of hydrogen-bond acceptors (Lipinski definition) is 5. The predicted octanol–water partition coefficient (Wildman–Crippen LogP) is 2.14. The molecule has 0 saturated heterocycles. The molecular formula is C10H12N4S. The predicted molar refractivity (Wildman–Crippen MR) is 64.0 cm³/mol. The van der Waals surface area contributed by atoms with E-state index in [-0.39, 0.29) is 0 Å². The Kier molecular flexibility index (Phi) is 2.55. The van der Waals surface area contributed by atoms with E-state index in [1.807, 2.05) is 13.1 Å². The van der Waals surface area contributed by atoms with Gasteiger partial charge in [-0.15, -0.1) is 11.3 Å². The zero-order valence-electron chi connectivity index (χ0n) is 8.61. The van der Waals surface area contributed by atoms with Crippen molar-refractivity contribution < 1.29 is 0 Å². The number of aromatic nitrogens is 2. The zero-order chi connectivity index (χ0) is 10.8. The largest absolute Gasteiger partial charge is 0.373 e. The summed E-state index contributed by atoms with van der Waals surface area (Å²) in [5.74, 6) is 1.03. The van der Waals surface area contributed by atoms with Crippen molar-refractivity contribution in [2.24, 2.45) is 0 Å². The van der Waals surface area contributed by atoms with E-state index in [0.717, 1.165) is 16.4 Å². The van der Waals surface area contributed by atoms with Gasteiger partial charge in [0.15, 0.2) is 0 Å². The monoisotopic (exact) mass is 220 g/mol. The Bertz CT molecular complexity index is 478. The number of thiophene rings is 1. The molecule has 0 aliphatic carbocycles. The van der Waals surface area contributed by atoms with Gasteiger partial charge < -0.3 is 11.1 Å². The van der Waals surface area contributed by atoms with Gasteiger partial charge in [-0.3, -0.25) is 0 Å². The first-order chi connectivity index (χ1) is 7.19. The number of rotatable bonds is 2. The minimum atomic E-state index is 0.294. The number of nitrogens with zero attached hydrogens (tertiary/aromatic N) is 2. The lowest BCUT2D eigenvalue weighted by atomic mass is 10.3. The van der Waals surface area contributed by atoms with Gasteiger partial charge in [0.1, 0.15) is 5.82 Å². The van der Waals surface area contributed by atoms with Crippen molar-refractivity contribution in [2.45, 2.75) is 6.92 Å². The molecule has 0 atom stereocenters. The lowest BCUT2D eigenvalue weighted by molar-refractivity contribution is 1.18. The highest BCUT2D eigenvalue weighted by Gasteiger charge is 2.05. The summed E-state index contributed by atoms with van der Waals surface area (Å²) in [7, 11) is 1.81. The van der Waals surface area contributed by atoms with Crippen LogP contribution in [0.1, 0.15) is 5.56 Å². The number of nitrogens with one attached hydrogen (secondary N) is 1. The molecule has 2 rings (SSSR count). The fourth-order valence-electron chi connectivity index (χ4n) is 1.29. The van der Waals surface area contributed by atoms with E-state index in [2.05, 4.69) is 33.7 Å². The molecule has 0 aliphatic rings. The third-order valence-corrected chi connectivity index (χ3v) is 3.05. The Labute approximate surface area is 92.2 Å². The van der Waals surface area contributed by atoms with Crippen molar-refractivity contribution in [3.05, 3.63) is 23.1 Å². The van der Waals surface area contributed by atoms with Crippen molar-refractivity contribution >= 4 is 23.1 Å². The number of anilines is 2. The van der Waals surface area contributed by atoms with Crippen LogP contribution in [-0.2, 0) is 0 Å². The maximum atomic E-state index is 5.62. The fourth-order valence-corrected chi connectivity index (χ4v) is 2.15. The molecule has 0 saturated carbocycles. The van der Waals surface area contributed by atoms with Crippen LogP contribution in [0.5, 0.6) is 0 Å². The molecule has 2 aromatic rings. The summed E-state index contributed by atoms with van der Waals surface area (Å²) in [6, 6.07) is 3.98. The summed E-state index contributed by atoms with van der Waals surface area (Å²) in [5.41, 5.74) is 7.72. The summed E-state index contributed by atoms with van der Waals surface area (Å²) >= 11 is 1.66. The molecule has 0 unspecified atom stereocenters. The number of nitrogen functional groups attached to an aromatic ring is 1. The van der Waals surface area contributed by atoms with Gasteiger partial charge in [-0.2, -0.15) is 4.98 Å². The van der Waals surface area contributed by atoms with Crippen LogP contribution in [0.25, 0.3) is 10.6 Å². The Morgan fingerprint density at radius 2 is 2.13 bits per heavy atom. The minimum Gasteiger partial charge on any atom is -0.373 e. The highest BCUT2D eigenvalue weighted by Crippen LogP contribution is 2.26. The maximum Gasteiger partial charge on any atom is 0.222 e. The Morgan fingerprint density at radius 3 is 2.73 bits per heavy atom. The normalized spacial score (nSPS) is 10.3. The maximum absolute atomic E-state index is 5.62. The molecule has 4 nitrogen and oxygen atoms in total. The van der Waals surface area contributed by atoms with Crippen molar-refractivity contribution in [3.63, 3.8) is 0 Å². The molecule has 0 bridgehead atoms. The highest BCUT2D eigenvalue weighted by molar-refractivity contribution is 7.13. The summed E-state index contributed by atoms with van der Waals surface area (Å²) in [5, 5.41) is 5.05. The Hall–Kier alpha value is -1.62. The number of aryl methyl sites for hydroxylation is 1. The molecule has 5 heteroatoms. The van der Waals surface area contributed by atoms with Gasteiger partial charge in [-0.25, -0.2) is 4.98 Å². The van der Waals surface area contributed by atoms with Crippen molar-refractivity contribution in [1.82, 2.24) is 9.97 Å². The lowest BCUT2D eigenvalue weighted by Gasteiger charge is -2.02. The number of nitrogens with two attached hydrogens (primary N) is 1. The second kappa shape index (κ2) is 3.86. The molecule has 0 spiro atoms. The van der Waals surface area contributed by atoms with E-state index in [4.69, 9.17) is 5.73 Å². The van der Waals surface area contributed by atoms with E-state index < -0.39 is 0 Å². The van der Waals surface area contributed by atoms with E-state index in [0.29, 0.717) is 5.95 Å². The third-order valence-electron chi connectivity index (χ3n) is 1.98. The first kappa shape index (κ1) is 9.92. The molecule has 0 radical (unpaired) electrons. The summed E-state index contributed by atoms with van der Waals surface area (Å²) in [6.45, 7) is 2.06. The third kappa shape index (κ3) is 2.07. The average molecular weight is 220 g/mol. The van der Waals surface area contributed by atoms with Gasteiger partial charge in [0.05, 0.1) is 10.6 Å². The van der Waals surface area contributed by atoms with Gasteiger partial charge in [0, 0.05) is 13.1 Å². The lowest BCUT2D eigenvalue weighted by Crippen LogP contribution is -2.00. The van der Waals surface area contributed by atoms with Crippen molar-refractivity contribution in [3.8, 4) is 10.6 Å². The van der Waals surface area contributed by atoms with Gasteiger partial charge in [0.2, 0.25) is 5.95 Å². The van der Waals surface area contributed by atoms with Crippen LogP contribution >= 0.6 is 11.3 Å². The van der Waals surface area contributed by atoms with Crippen LogP contribution in [0.15, 0.2) is 17.5 Å². The van der Waals surface area contributed by atoms with E-state index in [9.17, 15) is 0 Å². The highest BCUT2D eigenvalue weighted by atomic mass is 32.1. The van der Waals surface area contributed by atoms with E-state index in [1.54, 1.807) is 11.3 Å². The molecule has 78 valence electrons. The molecule has 0 fully saturated rings. The van der Waals surface area contributed by atoms with Crippen LogP contribution in [0, 0.1) is 6.92 Å². The Morgan fingerprint density at radius 1 is 1.33 bits per heavy atom. The van der Waals surface area contributed by atoms with E-state index >= 15 is 0 Å². The standard InChI is InChI=1S/C10H12N4S/c1-6-3-8(15-5-6)7-4-9(12-2)14-10(11)13-7/h3-5H,1-2H3,(H3,11,12,13,14). The SMILES string of the molecule is CNc1cc(-c2cc(C)cs2)nc(N)n1. The molecule has 2 heterocycles. The first-order valence-corrected chi connectivity index (χ1v) is 5.45. The molecule has 0 amide bonds. The van der Waals surface area contributed by atoms with Crippen LogP contribution in [0.2, 0.25) is 0 Å². The number of hydrogen-bond donors (Lipinski definition) is 2. The van der Waals surface area contributed by atoms with Crippen LogP contribution in [0.3, 0.4) is 0 Å². The van der Waals surface area contributed by atoms with Crippen molar-refractivity contribution in [1.29, 1.82) is 0 Å². The van der Waals surface area contributed by atoms with Gasteiger partial charge in [0.25, 0.3) is 0 Å². The molecule has 15 heavy (non-hydrogen) atoms. The summed E-state index contributed by atoms with van der Waals surface area (Å²) < 4.78 is 0. The second-order valence-electron chi connectivity index (χ2n) is 3.23. The average Bonchev–Trinajstić information content (AvgIpc) is 2.64. The topological polar surface area (TPSA) is 63.8 Å². The zero-order valence-corrected chi connectivity index (χ0v) is 9.43.